The number of aliphatic hydroxyl groups is 1. The highest BCUT2D eigenvalue weighted by atomic mass is 19.3. The average molecular weight is 667 g/mol. The molecule has 1 fully saturated rings. The van der Waals surface area contributed by atoms with E-state index in [2.05, 4.69) is 25.3 Å². The number of aliphatic hydroxyl groups excluding tert-OH is 1. The number of fused-ring (bicyclic) bond motifs is 1. The molecule has 48 heavy (non-hydrogen) atoms. The van der Waals surface area contributed by atoms with Gasteiger partial charge in [0.2, 0.25) is 0 Å². The number of nitrogens with two attached hydrogens (primary N) is 1. The Morgan fingerprint density at radius 2 is 1.85 bits per heavy atom. The van der Waals surface area contributed by atoms with Crippen LogP contribution in [0.5, 0.6) is 11.5 Å². The van der Waals surface area contributed by atoms with Crippen LogP contribution < -0.4 is 25.4 Å². The van der Waals surface area contributed by atoms with Crippen molar-refractivity contribution < 1.29 is 32.1 Å². The van der Waals surface area contributed by atoms with E-state index in [1.54, 1.807) is 21.9 Å². The summed E-state index contributed by atoms with van der Waals surface area (Å²) in [7, 11) is 1.24. The highest BCUT2D eigenvalue weighted by Crippen LogP contribution is 2.35. The molecule has 5 aromatic rings. The summed E-state index contributed by atoms with van der Waals surface area (Å²) in [4.78, 5) is 19.5. The molecule has 0 aliphatic carbocycles. The molecule has 4 heterocycles. The van der Waals surface area contributed by atoms with Crippen LogP contribution in [0.15, 0.2) is 67.4 Å². The van der Waals surface area contributed by atoms with Crippen molar-refractivity contribution in [1.29, 1.82) is 0 Å². The number of rotatable bonds is 11. The highest BCUT2D eigenvalue weighted by Gasteiger charge is 2.43. The van der Waals surface area contributed by atoms with Crippen LogP contribution in [0.1, 0.15) is 25.3 Å². The summed E-state index contributed by atoms with van der Waals surface area (Å²) in [5.74, 6) is -0.673. The molecule has 0 amide bonds. The van der Waals surface area contributed by atoms with Gasteiger partial charge in [0.25, 0.3) is 6.43 Å². The summed E-state index contributed by atoms with van der Waals surface area (Å²) in [6, 6.07) is 12.8. The van der Waals surface area contributed by atoms with Crippen molar-refractivity contribution in [2.75, 3.05) is 30.4 Å². The largest absolute Gasteiger partial charge is 0.494 e. The number of hydrogen-bond acceptors (Lipinski definition) is 10. The molecule has 11 nitrogen and oxygen atoms in total. The van der Waals surface area contributed by atoms with Gasteiger partial charge in [0.05, 0.1) is 43.1 Å². The van der Waals surface area contributed by atoms with Crippen molar-refractivity contribution in [1.82, 2.24) is 24.5 Å². The third-order valence-corrected chi connectivity index (χ3v) is 8.35. The maximum Gasteiger partial charge on any atom is 0.265 e. The first kappa shape index (κ1) is 32.9. The maximum atomic E-state index is 15.2. The number of aromatic nitrogens is 5. The van der Waals surface area contributed by atoms with Crippen molar-refractivity contribution in [3.8, 4) is 22.8 Å². The van der Waals surface area contributed by atoms with Gasteiger partial charge in [-0.2, -0.15) is 0 Å². The van der Waals surface area contributed by atoms with Crippen LogP contribution in [-0.4, -0.2) is 74.1 Å². The number of nitrogens with one attached hydrogen (secondary N) is 1. The Balaban J connectivity index is 1.36. The number of ether oxygens (including phenoxy) is 2. The second kappa shape index (κ2) is 13.6. The first-order valence-corrected chi connectivity index (χ1v) is 15.2. The van der Waals surface area contributed by atoms with Gasteiger partial charge in [0.1, 0.15) is 24.0 Å². The standard InChI is InChI=1S/C33H34F4N8O3/c1-19(48-21-7-4-3-5-8-21)43-31-28-32(41-17-40-31)45(18-42-28)15-20-11-25(22-12-24(35)27(47-2)13-23(22)34)39-14-26(20)44-10-6-9-33(38,16-44)29(46)30(36)37/h3-5,7-8,11-14,17-19,29-30,46H,6,9-10,15-16,38H2,1-2H3,(H,40,41,43)/t19?,29-,33-/m1/s1. The lowest BCUT2D eigenvalue weighted by atomic mass is 9.84. The van der Waals surface area contributed by atoms with Gasteiger partial charge in [-0.3, -0.25) is 4.98 Å². The highest BCUT2D eigenvalue weighted by molar-refractivity contribution is 5.83. The van der Waals surface area contributed by atoms with Crippen LogP contribution in [-0.2, 0) is 6.54 Å². The minimum absolute atomic E-state index is 0.0850. The molecule has 0 bridgehead atoms. The molecule has 0 saturated carbocycles. The first-order valence-electron chi connectivity index (χ1n) is 15.2. The van der Waals surface area contributed by atoms with Gasteiger partial charge in [0, 0.05) is 24.7 Å². The second-order valence-electron chi connectivity index (χ2n) is 11.7. The van der Waals surface area contributed by atoms with E-state index in [1.165, 1.54) is 19.6 Å². The van der Waals surface area contributed by atoms with Crippen molar-refractivity contribution in [2.24, 2.45) is 5.73 Å². The van der Waals surface area contributed by atoms with Crippen LogP contribution >= 0.6 is 0 Å². The molecule has 0 radical (unpaired) electrons. The lowest BCUT2D eigenvalue weighted by molar-refractivity contribution is -0.0529. The Bertz CT molecular complexity index is 1900. The van der Waals surface area contributed by atoms with E-state index < -0.39 is 35.9 Å². The van der Waals surface area contributed by atoms with E-state index in [9.17, 15) is 18.3 Å². The van der Waals surface area contributed by atoms with E-state index in [0.717, 1.165) is 12.1 Å². The summed E-state index contributed by atoms with van der Waals surface area (Å²) in [5.41, 5.74) is 6.79. The minimum Gasteiger partial charge on any atom is -0.494 e. The molecule has 252 valence electrons. The van der Waals surface area contributed by atoms with Gasteiger partial charge in [-0.15, -0.1) is 0 Å². The van der Waals surface area contributed by atoms with Crippen LogP contribution in [0.25, 0.3) is 22.4 Å². The van der Waals surface area contributed by atoms with E-state index in [1.807, 2.05) is 37.3 Å². The fraction of sp³-hybridized carbons (Fsp3) is 0.333. The fourth-order valence-corrected chi connectivity index (χ4v) is 5.95. The zero-order valence-corrected chi connectivity index (χ0v) is 26.2. The van der Waals surface area contributed by atoms with Gasteiger partial charge in [-0.25, -0.2) is 32.5 Å². The summed E-state index contributed by atoms with van der Waals surface area (Å²) in [6.07, 6.45) is -0.499. The number of imidazole rings is 1. The van der Waals surface area contributed by atoms with E-state index in [-0.39, 0.29) is 36.5 Å². The van der Waals surface area contributed by atoms with Crippen LogP contribution in [0.2, 0.25) is 0 Å². The quantitative estimate of drug-likeness (QED) is 0.131. The van der Waals surface area contributed by atoms with Crippen molar-refractivity contribution in [3.63, 3.8) is 0 Å². The summed E-state index contributed by atoms with van der Waals surface area (Å²) in [6.45, 7) is 2.30. The average Bonchev–Trinajstić information content (AvgIpc) is 3.49. The number of piperidine rings is 1. The smallest absolute Gasteiger partial charge is 0.265 e. The molecular weight excluding hydrogens is 632 g/mol. The van der Waals surface area contributed by atoms with E-state index in [0.29, 0.717) is 46.9 Å². The Hall–Kier alpha value is -5.02. The predicted molar refractivity (Wildman–Crippen MR) is 171 cm³/mol. The van der Waals surface area contributed by atoms with Gasteiger partial charge in [-0.1, -0.05) is 18.2 Å². The number of nitrogens with zero attached hydrogens (tertiary/aromatic N) is 6. The minimum atomic E-state index is -3.02. The normalized spacial score (nSPS) is 17.8. The number of methoxy groups -OCH3 is 1. The van der Waals surface area contributed by atoms with Gasteiger partial charge < -0.3 is 35.1 Å². The number of hydrogen-bond donors (Lipinski definition) is 3. The molecule has 1 aliphatic heterocycles. The summed E-state index contributed by atoms with van der Waals surface area (Å²) >= 11 is 0. The Morgan fingerprint density at radius 1 is 1.06 bits per heavy atom. The molecule has 1 aliphatic rings. The monoisotopic (exact) mass is 666 g/mol. The Labute approximate surface area is 273 Å². The first-order chi connectivity index (χ1) is 23.1. The van der Waals surface area contributed by atoms with Gasteiger partial charge >= 0.3 is 0 Å². The fourth-order valence-electron chi connectivity index (χ4n) is 5.95. The van der Waals surface area contributed by atoms with Gasteiger partial charge in [-0.05, 0) is 49.6 Å². The number of anilines is 2. The van der Waals surface area contributed by atoms with Crippen LogP contribution in [0, 0.1) is 11.6 Å². The Morgan fingerprint density at radius 3 is 2.60 bits per heavy atom. The molecule has 1 saturated heterocycles. The summed E-state index contributed by atoms with van der Waals surface area (Å²) in [5, 5.41) is 13.5. The van der Waals surface area contributed by atoms with E-state index >= 15 is 4.39 Å². The predicted octanol–water partition coefficient (Wildman–Crippen LogP) is 4.98. The van der Waals surface area contributed by atoms with Crippen molar-refractivity contribution in [2.45, 2.75) is 50.6 Å². The Kier molecular flexibility index (Phi) is 9.33. The number of halogens is 4. The van der Waals surface area contributed by atoms with Crippen molar-refractivity contribution in [3.05, 3.63) is 84.6 Å². The van der Waals surface area contributed by atoms with Gasteiger partial charge in [0.15, 0.2) is 34.8 Å². The molecule has 4 N–H and O–H groups in total. The zero-order valence-electron chi connectivity index (χ0n) is 26.2. The maximum absolute atomic E-state index is 15.2. The SMILES string of the molecule is COc1cc(F)c(-c2cc(Cn3cnc4c(NC(C)Oc5ccccc5)ncnc43)c(N3CCC[C@](N)([C@H](O)C(F)F)C3)cn2)cc1F. The third kappa shape index (κ3) is 6.69. The molecule has 15 heteroatoms. The third-order valence-electron chi connectivity index (χ3n) is 8.35. The van der Waals surface area contributed by atoms with Crippen LogP contribution in [0.3, 0.4) is 0 Å². The molecule has 0 spiro atoms. The molecule has 6 rings (SSSR count). The lowest BCUT2D eigenvalue weighted by Gasteiger charge is -2.44. The zero-order chi connectivity index (χ0) is 34.0. The number of pyridine rings is 1. The van der Waals surface area contributed by atoms with Crippen molar-refractivity contribution >= 4 is 22.7 Å². The second-order valence-corrected chi connectivity index (χ2v) is 11.7. The summed E-state index contributed by atoms with van der Waals surface area (Å²) < 4.78 is 69.6. The van der Waals surface area contributed by atoms with E-state index in [4.69, 9.17) is 15.2 Å². The molecule has 2 aromatic carbocycles. The lowest BCUT2D eigenvalue weighted by Crippen LogP contribution is -2.63. The topological polar surface area (TPSA) is 136 Å². The molecule has 1 unspecified atom stereocenters. The molecular formula is C33H34F4N8O3. The molecule has 3 aromatic heterocycles. The molecule has 3 atom stereocenters. The van der Waals surface area contributed by atoms with Crippen LogP contribution in [0.4, 0.5) is 29.1 Å². The number of benzene rings is 2. The number of para-hydroxylation sites is 1. The number of alkyl halides is 2.